The highest BCUT2D eigenvalue weighted by atomic mass is 16.5. The molecule has 1 heterocycles. The van der Waals surface area contributed by atoms with Gasteiger partial charge in [0.25, 0.3) is 0 Å². The number of hydrogen-bond acceptors (Lipinski definition) is 5. The van der Waals surface area contributed by atoms with Crippen LogP contribution < -0.4 is 9.47 Å². The van der Waals surface area contributed by atoms with E-state index in [1.807, 2.05) is 18.2 Å². The Hall–Kier alpha value is -2.08. The third-order valence-electron chi connectivity index (χ3n) is 6.11. The quantitative estimate of drug-likeness (QED) is 0.559. The van der Waals surface area contributed by atoms with Gasteiger partial charge in [0.05, 0.1) is 13.7 Å². The smallest absolute Gasteiger partial charge is 0.119 e. The van der Waals surface area contributed by atoms with Gasteiger partial charge in [-0.05, 0) is 73.7 Å². The van der Waals surface area contributed by atoms with Crippen LogP contribution in [0.15, 0.2) is 48.5 Å². The molecular weight excluding hydrogens is 388 g/mol. The van der Waals surface area contributed by atoms with Crippen LogP contribution in [0.1, 0.15) is 30.9 Å². The minimum atomic E-state index is 0.0450. The number of methoxy groups -OCH3 is 1. The van der Waals surface area contributed by atoms with Crippen molar-refractivity contribution in [2.45, 2.75) is 32.7 Å². The highest BCUT2D eigenvalue weighted by Crippen LogP contribution is 2.21. The Morgan fingerprint density at radius 1 is 1.10 bits per heavy atom. The fraction of sp³-hybridized carbons (Fsp3) is 0.538. The van der Waals surface area contributed by atoms with Crippen molar-refractivity contribution >= 4 is 0 Å². The van der Waals surface area contributed by atoms with Gasteiger partial charge < -0.3 is 19.5 Å². The molecule has 1 N–H and O–H groups in total. The molecule has 170 valence electrons. The Balaban J connectivity index is 1.46. The van der Waals surface area contributed by atoms with E-state index in [4.69, 9.17) is 14.6 Å². The standard InChI is InChI=1S/C26H38N2O3/c1-3-27(19-23-9-11-25(12-10-23)31-17-16-29)20-24-7-5-14-28(21-24)15-13-22-6-4-8-26(18-22)30-2/h4,6,8-12,18,24,29H,3,5,7,13-17,19-21H2,1-2H3. The zero-order valence-corrected chi connectivity index (χ0v) is 19.1. The zero-order valence-electron chi connectivity index (χ0n) is 19.1. The number of hydrogen-bond donors (Lipinski definition) is 1. The molecule has 0 spiro atoms. The largest absolute Gasteiger partial charge is 0.497 e. The maximum atomic E-state index is 8.88. The third kappa shape index (κ3) is 7.84. The summed E-state index contributed by atoms with van der Waals surface area (Å²) in [5.41, 5.74) is 2.66. The normalized spacial score (nSPS) is 17.1. The highest BCUT2D eigenvalue weighted by molar-refractivity contribution is 5.29. The summed E-state index contributed by atoms with van der Waals surface area (Å²) in [6.07, 6.45) is 3.68. The molecule has 1 atom stereocenters. The molecule has 1 aliphatic rings. The number of rotatable bonds is 12. The van der Waals surface area contributed by atoms with Gasteiger partial charge in [-0.15, -0.1) is 0 Å². The van der Waals surface area contributed by atoms with Crippen LogP contribution in [0, 0.1) is 5.92 Å². The summed E-state index contributed by atoms with van der Waals surface area (Å²) in [4.78, 5) is 5.19. The van der Waals surface area contributed by atoms with Crippen LogP contribution in [0.25, 0.3) is 0 Å². The molecule has 0 saturated carbocycles. The van der Waals surface area contributed by atoms with Gasteiger partial charge in [-0.2, -0.15) is 0 Å². The van der Waals surface area contributed by atoms with Crippen LogP contribution in [-0.2, 0) is 13.0 Å². The highest BCUT2D eigenvalue weighted by Gasteiger charge is 2.21. The number of likely N-dealkylation sites (tertiary alicyclic amines) is 1. The molecule has 2 aromatic carbocycles. The minimum Gasteiger partial charge on any atom is -0.497 e. The second-order valence-electron chi connectivity index (χ2n) is 8.45. The molecule has 0 aromatic heterocycles. The van der Waals surface area contributed by atoms with Crippen molar-refractivity contribution in [3.63, 3.8) is 0 Å². The summed E-state index contributed by atoms with van der Waals surface area (Å²) in [6.45, 7) is 9.33. The summed E-state index contributed by atoms with van der Waals surface area (Å²) in [6, 6.07) is 16.7. The monoisotopic (exact) mass is 426 g/mol. The second-order valence-corrected chi connectivity index (χ2v) is 8.45. The molecule has 0 bridgehead atoms. The molecule has 5 nitrogen and oxygen atoms in total. The van der Waals surface area contributed by atoms with Crippen LogP contribution in [0.5, 0.6) is 11.5 Å². The first-order chi connectivity index (χ1) is 15.2. The number of aliphatic hydroxyl groups excluding tert-OH is 1. The summed E-state index contributed by atoms with van der Waals surface area (Å²) in [7, 11) is 1.73. The van der Waals surface area contributed by atoms with Gasteiger partial charge >= 0.3 is 0 Å². The van der Waals surface area contributed by atoms with Crippen molar-refractivity contribution < 1.29 is 14.6 Å². The molecule has 1 saturated heterocycles. The van der Waals surface area contributed by atoms with Gasteiger partial charge in [-0.25, -0.2) is 0 Å². The molecule has 3 rings (SSSR count). The molecule has 0 amide bonds. The van der Waals surface area contributed by atoms with E-state index < -0.39 is 0 Å². The van der Waals surface area contributed by atoms with E-state index in [0.717, 1.165) is 50.0 Å². The Labute approximate surface area is 187 Å². The lowest BCUT2D eigenvalue weighted by Gasteiger charge is -2.35. The van der Waals surface area contributed by atoms with Gasteiger partial charge in [0.15, 0.2) is 0 Å². The summed E-state index contributed by atoms with van der Waals surface area (Å²) in [5.74, 6) is 2.49. The van der Waals surface area contributed by atoms with Crippen molar-refractivity contribution in [2.75, 3.05) is 53.0 Å². The molecule has 1 aliphatic heterocycles. The lowest BCUT2D eigenvalue weighted by Crippen LogP contribution is -2.41. The van der Waals surface area contributed by atoms with Crippen LogP contribution in [0.2, 0.25) is 0 Å². The maximum absolute atomic E-state index is 8.88. The van der Waals surface area contributed by atoms with Crippen molar-refractivity contribution in [3.05, 3.63) is 59.7 Å². The van der Waals surface area contributed by atoms with E-state index >= 15 is 0 Å². The predicted octanol–water partition coefficient (Wildman–Crippen LogP) is 3.84. The molecule has 1 fully saturated rings. The van der Waals surface area contributed by atoms with E-state index in [1.54, 1.807) is 7.11 Å². The van der Waals surface area contributed by atoms with E-state index in [9.17, 15) is 0 Å². The number of nitrogens with zero attached hydrogens (tertiary/aromatic N) is 2. The lowest BCUT2D eigenvalue weighted by molar-refractivity contribution is 0.133. The van der Waals surface area contributed by atoms with Crippen molar-refractivity contribution in [1.82, 2.24) is 9.80 Å². The fourth-order valence-corrected chi connectivity index (χ4v) is 4.40. The molecular formula is C26H38N2O3. The van der Waals surface area contributed by atoms with Gasteiger partial charge in [0.2, 0.25) is 0 Å². The Morgan fingerprint density at radius 2 is 1.94 bits per heavy atom. The average molecular weight is 427 g/mol. The zero-order chi connectivity index (χ0) is 21.9. The van der Waals surface area contributed by atoms with Gasteiger partial charge in [0, 0.05) is 26.2 Å². The number of ether oxygens (including phenoxy) is 2. The van der Waals surface area contributed by atoms with Gasteiger partial charge in [-0.1, -0.05) is 31.2 Å². The average Bonchev–Trinajstić information content (AvgIpc) is 2.82. The predicted molar refractivity (Wildman–Crippen MR) is 126 cm³/mol. The minimum absolute atomic E-state index is 0.0450. The van der Waals surface area contributed by atoms with Gasteiger partial charge in [0.1, 0.15) is 18.1 Å². The molecule has 0 aliphatic carbocycles. The van der Waals surface area contributed by atoms with Crippen LogP contribution in [0.4, 0.5) is 0 Å². The molecule has 0 radical (unpaired) electrons. The van der Waals surface area contributed by atoms with Crippen molar-refractivity contribution in [3.8, 4) is 11.5 Å². The third-order valence-corrected chi connectivity index (χ3v) is 6.11. The van der Waals surface area contributed by atoms with Gasteiger partial charge in [-0.3, -0.25) is 4.90 Å². The van der Waals surface area contributed by atoms with E-state index in [2.05, 4.69) is 47.1 Å². The maximum Gasteiger partial charge on any atom is 0.119 e. The molecule has 2 aromatic rings. The van der Waals surface area contributed by atoms with Crippen molar-refractivity contribution in [1.29, 1.82) is 0 Å². The number of piperidine rings is 1. The van der Waals surface area contributed by atoms with Crippen LogP contribution in [-0.4, -0.2) is 68.0 Å². The van der Waals surface area contributed by atoms with Crippen LogP contribution >= 0.6 is 0 Å². The SMILES string of the molecule is CCN(Cc1ccc(OCCO)cc1)CC1CCCN(CCc2cccc(OC)c2)C1. The fourth-order valence-electron chi connectivity index (χ4n) is 4.40. The van der Waals surface area contributed by atoms with Crippen molar-refractivity contribution in [2.24, 2.45) is 5.92 Å². The van der Waals surface area contributed by atoms with E-state index in [-0.39, 0.29) is 6.61 Å². The van der Waals surface area contributed by atoms with E-state index in [1.165, 1.54) is 37.1 Å². The Kier molecular flexibility index (Phi) is 9.66. The van der Waals surface area contributed by atoms with E-state index in [0.29, 0.717) is 6.61 Å². The number of aliphatic hydroxyl groups is 1. The summed E-state index contributed by atoms with van der Waals surface area (Å²) in [5, 5.41) is 8.88. The molecule has 31 heavy (non-hydrogen) atoms. The Morgan fingerprint density at radius 3 is 2.68 bits per heavy atom. The lowest BCUT2D eigenvalue weighted by atomic mass is 9.96. The first kappa shape index (κ1) is 23.6. The molecule has 1 unspecified atom stereocenters. The first-order valence-corrected chi connectivity index (χ1v) is 11.6. The first-order valence-electron chi connectivity index (χ1n) is 11.6. The summed E-state index contributed by atoms with van der Waals surface area (Å²) >= 11 is 0. The summed E-state index contributed by atoms with van der Waals surface area (Å²) < 4.78 is 10.8. The topological polar surface area (TPSA) is 45.2 Å². The Bertz CT molecular complexity index is 766. The second kappa shape index (κ2) is 12.7. The number of benzene rings is 2. The van der Waals surface area contributed by atoms with Crippen LogP contribution in [0.3, 0.4) is 0 Å². The molecule has 5 heteroatoms.